The Morgan fingerprint density at radius 1 is 0.824 bits per heavy atom. The van der Waals surface area contributed by atoms with Crippen LogP contribution in [-0.4, -0.2) is 58.2 Å². The van der Waals surface area contributed by atoms with Crippen molar-refractivity contribution in [3.8, 4) is 0 Å². The Morgan fingerprint density at radius 2 is 1.18 bits per heavy atom. The minimum absolute atomic E-state index is 0.0660. The molecular weight excluding hydrogens is 236 g/mol. The quantitative estimate of drug-likeness (QED) is 0.284. The van der Waals surface area contributed by atoms with Crippen LogP contribution in [0.15, 0.2) is 0 Å². The molecule has 0 bridgehead atoms. The van der Waals surface area contributed by atoms with Gasteiger partial charge in [0.15, 0.2) is 12.6 Å². The fourth-order valence-electron chi connectivity index (χ4n) is 0.856. The van der Waals surface area contributed by atoms with Gasteiger partial charge in [0.2, 0.25) is 0 Å². The van der Waals surface area contributed by atoms with Crippen LogP contribution >= 0.6 is 0 Å². The van der Waals surface area contributed by atoms with Crippen molar-refractivity contribution in [2.75, 3.05) is 13.2 Å². The van der Waals surface area contributed by atoms with Crippen LogP contribution in [0.4, 0.5) is 0 Å². The molecule has 0 radical (unpaired) electrons. The lowest BCUT2D eigenvalue weighted by Gasteiger charge is -2.07. The first kappa shape index (κ1) is 15.8. The second-order valence-corrected chi connectivity index (χ2v) is 3.18. The fraction of sp³-hybridized carbons (Fsp3) is 0.778. The summed E-state index contributed by atoms with van der Waals surface area (Å²) < 4.78 is 8.82. The van der Waals surface area contributed by atoms with E-state index in [9.17, 15) is 9.59 Å². The summed E-state index contributed by atoms with van der Waals surface area (Å²) in [4.78, 5) is 21.8. The summed E-state index contributed by atoms with van der Waals surface area (Å²) >= 11 is 0. The fourth-order valence-corrected chi connectivity index (χ4v) is 0.856. The number of aliphatic hydroxyl groups excluding tert-OH is 2. The van der Waals surface area contributed by atoms with E-state index in [0.717, 1.165) is 0 Å². The number of rotatable bonds is 8. The molecule has 0 aromatic carbocycles. The highest BCUT2D eigenvalue weighted by atomic mass is 16.6. The topological polar surface area (TPSA) is 134 Å². The molecule has 0 heterocycles. The number of hydrogen-bond donors (Lipinski definition) is 4. The van der Waals surface area contributed by atoms with Crippen molar-refractivity contribution in [3.05, 3.63) is 0 Å². The maximum absolute atomic E-state index is 10.9. The monoisotopic (exact) mass is 252 g/mol. The first-order valence-electron chi connectivity index (χ1n) is 4.95. The highest BCUT2D eigenvalue weighted by Gasteiger charge is 2.09. The van der Waals surface area contributed by atoms with Crippen LogP contribution in [0, 0.1) is 0 Å². The average Bonchev–Trinajstić information content (AvgIpc) is 2.23. The molecule has 17 heavy (non-hydrogen) atoms. The first-order chi connectivity index (χ1) is 7.91. The molecule has 0 spiro atoms. The molecule has 0 rings (SSSR count). The summed E-state index contributed by atoms with van der Waals surface area (Å²) in [6, 6.07) is 0. The molecule has 4 N–H and O–H groups in total. The van der Waals surface area contributed by atoms with Gasteiger partial charge in [-0.3, -0.25) is 9.59 Å². The van der Waals surface area contributed by atoms with Crippen molar-refractivity contribution in [3.63, 3.8) is 0 Å². The SMILES string of the molecule is O=C(CCCC(=O)OCC(O)O)OCC(O)O. The van der Waals surface area contributed by atoms with Crippen LogP contribution in [0.1, 0.15) is 19.3 Å². The van der Waals surface area contributed by atoms with Crippen molar-refractivity contribution < 1.29 is 39.5 Å². The van der Waals surface area contributed by atoms with Crippen LogP contribution < -0.4 is 0 Å². The van der Waals surface area contributed by atoms with Gasteiger partial charge in [0.05, 0.1) is 0 Å². The van der Waals surface area contributed by atoms with E-state index >= 15 is 0 Å². The number of carbonyl (C=O) groups excluding carboxylic acids is 2. The van der Waals surface area contributed by atoms with Crippen molar-refractivity contribution >= 4 is 11.9 Å². The third kappa shape index (κ3) is 11.1. The van der Waals surface area contributed by atoms with Crippen molar-refractivity contribution in [1.82, 2.24) is 0 Å². The van der Waals surface area contributed by atoms with Gasteiger partial charge in [-0.15, -0.1) is 0 Å². The number of hydrogen-bond acceptors (Lipinski definition) is 8. The summed E-state index contributed by atoms with van der Waals surface area (Å²) in [6.07, 6.45) is -3.39. The predicted octanol–water partition coefficient (Wildman–Crippen LogP) is -2.14. The number of carbonyl (C=O) groups is 2. The highest BCUT2D eigenvalue weighted by molar-refractivity contribution is 5.72. The highest BCUT2D eigenvalue weighted by Crippen LogP contribution is 2.00. The van der Waals surface area contributed by atoms with Gasteiger partial charge in [-0.1, -0.05) is 0 Å². The maximum Gasteiger partial charge on any atom is 0.305 e. The van der Waals surface area contributed by atoms with Gasteiger partial charge in [0, 0.05) is 12.8 Å². The summed E-state index contributed by atoms with van der Waals surface area (Å²) in [5, 5.41) is 33.6. The molecule has 0 aromatic heterocycles. The van der Waals surface area contributed by atoms with Crippen LogP contribution in [0.5, 0.6) is 0 Å². The van der Waals surface area contributed by atoms with Gasteiger partial charge >= 0.3 is 11.9 Å². The van der Waals surface area contributed by atoms with E-state index in [1.165, 1.54) is 0 Å². The third-order valence-electron chi connectivity index (χ3n) is 1.55. The molecule has 8 heteroatoms. The molecule has 0 aliphatic carbocycles. The minimum Gasteiger partial charge on any atom is -0.460 e. The Bertz CT molecular complexity index is 213. The Kier molecular flexibility index (Phi) is 8.24. The van der Waals surface area contributed by atoms with E-state index in [2.05, 4.69) is 9.47 Å². The Morgan fingerprint density at radius 3 is 1.47 bits per heavy atom. The zero-order valence-corrected chi connectivity index (χ0v) is 9.11. The van der Waals surface area contributed by atoms with Gasteiger partial charge < -0.3 is 29.9 Å². The van der Waals surface area contributed by atoms with Gasteiger partial charge in [0.25, 0.3) is 0 Å². The second kappa shape index (κ2) is 8.88. The van der Waals surface area contributed by atoms with Crippen LogP contribution in [0.2, 0.25) is 0 Å². The standard InChI is InChI=1S/C9H16O8/c10-6(11)4-16-8(14)2-1-3-9(15)17-5-7(12)13/h6-7,10-13H,1-5H2. The number of aliphatic hydroxyl groups is 4. The van der Waals surface area contributed by atoms with Crippen LogP contribution in [0.3, 0.4) is 0 Å². The van der Waals surface area contributed by atoms with Crippen LogP contribution in [-0.2, 0) is 19.1 Å². The van der Waals surface area contributed by atoms with E-state index in [1.807, 2.05) is 0 Å². The second-order valence-electron chi connectivity index (χ2n) is 3.18. The molecule has 8 nitrogen and oxygen atoms in total. The van der Waals surface area contributed by atoms with E-state index < -0.39 is 37.7 Å². The van der Waals surface area contributed by atoms with E-state index in [4.69, 9.17) is 20.4 Å². The number of ether oxygens (including phenoxy) is 2. The molecule has 0 aliphatic heterocycles. The van der Waals surface area contributed by atoms with E-state index in [0.29, 0.717) is 0 Å². The van der Waals surface area contributed by atoms with Crippen molar-refractivity contribution in [1.29, 1.82) is 0 Å². The Labute approximate surface area is 97.4 Å². The lowest BCUT2D eigenvalue weighted by molar-refractivity contribution is -0.158. The lowest BCUT2D eigenvalue weighted by atomic mass is 10.2. The maximum atomic E-state index is 10.9. The summed E-state index contributed by atoms with van der Waals surface area (Å²) in [7, 11) is 0. The number of esters is 2. The van der Waals surface area contributed by atoms with Gasteiger partial charge in [-0.25, -0.2) is 0 Å². The smallest absolute Gasteiger partial charge is 0.305 e. The molecule has 0 amide bonds. The summed E-state index contributed by atoms with van der Waals surface area (Å²) in [5.41, 5.74) is 0. The van der Waals surface area contributed by atoms with E-state index in [1.54, 1.807) is 0 Å². The average molecular weight is 252 g/mol. The molecule has 0 saturated carbocycles. The molecule has 0 atom stereocenters. The molecule has 100 valence electrons. The molecular formula is C9H16O8. The lowest BCUT2D eigenvalue weighted by Crippen LogP contribution is -2.19. The predicted molar refractivity (Wildman–Crippen MR) is 52.2 cm³/mol. The molecule has 0 unspecified atom stereocenters. The van der Waals surface area contributed by atoms with Gasteiger partial charge in [0.1, 0.15) is 13.2 Å². The third-order valence-corrected chi connectivity index (χ3v) is 1.55. The largest absolute Gasteiger partial charge is 0.460 e. The Hall–Kier alpha value is -1.22. The molecule has 0 saturated heterocycles. The molecule has 0 fully saturated rings. The summed E-state index contributed by atoms with van der Waals surface area (Å²) in [5.74, 6) is -1.32. The van der Waals surface area contributed by atoms with E-state index in [-0.39, 0.29) is 19.3 Å². The Balaban J connectivity index is 3.49. The minimum atomic E-state index is -1.71. The first-order valence-corrected chi connectivity index (χ1v) is 4.95. The van der Waals surface area contributed by atoms with Gasteiger partial charge in [-0.2, -0.15) is 0 Å². The summed E-state index contributed by atoms with van der Waals surface area (Å²) in [6.45, 7) is -1.03. The molecule has 0 aromatic rings. The molecule has 0 aliphatic rings. The van der Waals surface area contributed by atoms with Gasteiger partial charge in [-0.05, 0) is 6.42 Å². The van der Waals surface area contributed by atoms with Crippen LogP contribution in [0.25, 0.3) is 0 Å². The van der Waals surface area contributed by atoms with Crippen molar-refractivity contribution in [2.24, 2.45) is 0 Å². The van der Waals surface area contributed by atoms with Crippen molar-refractivity contribution in [2.45, 2.75) is 31.8 Å². The normalized spacial score (nSPS) is 10.7. The zero-order chi connectivity index (χ0) is 13.3. The zero-order valence-electron chi connectivity index (χ0n) is 9.11.